The highest BCUT2D eigenvalue weighted by Crippen LogP contribution is 2.31. The molecule has 3 heterocycles. The molecular weight excluding hydrogens is 412 g/mol. The summed E-state index contributed by atoms with van der Waals surface area (Å²) in [5, 5.41) is 7.50. The molecule has 6 heteroatoms. The highest BCUT2D eigenvalue weighted by atomic mass is 16.5. The van der Waals surface area contributed by atoms with Crippen molar-refractivity contribution in [2.45, 2.75) is 18.8 Å². The third-order valence-electron chi connectivity index (χ3n) is 5.97. The topological polar surface area (TPSA) is 67.7 Å². The molecule has 0 N–H and O–H groups in total. The van der Waals surface area contributed by atoms with Gasteiger partial charge in [-0.3, -0.25) is 14.8 Å². The summed E-state index contributed by atoms with van der Waals surface area (Å²) in [5.41, 5.74) is 4.63. The largest absolute Gasteiger partial charge is 0.497 e. The predicted octanol–water partition coefficient (Wildman–Crippen LogP) is 4.60. The van der Waals surface area contributed by atoms with Crippen molar-refractivity contribution in [3.05, 3.63) is 102 Å². The Labute approximate surface area is 192 Å². The van der Waals surface area contributed by atoms with Gasteiger partial charge in [-0.15, -0.1) is 0 Å². The predicted molar refractivity (Wildman–Crippen MR) is 128 cm³/mol. The molecule has 1 aliphatic heterocycles. The van der Waals surface area contributed by atoms with Crippen molar-refractivity contribution in [3.63, 3.8) is 0 Å². The first kappa shape index (κ1) is 20.8. The van der Waals surface area contributed by atoms with Gasteiger partial charge in [0.15, 0.2) is 0 Å². The molecule has 164 valence electrons. The summed E-state index contributed by atoms with van der Waals surface area (Å²) in [5.74, 6) is 0.875. The number of rotatable bonds is 6. The fourth-order valence-electron chi connectivity index (χ4n) is 4.25. The average Bonchev–Trinajstić information content (AvgIpc) is 3.24. The fraction of sp³-hybridized carbons (Fsp3) is 0.185. The maximum absolute atomic E-state index is 12.9. The molecule has 0 saturated carbocycles. The first-order chi connectivity index (χ1) is 16.2. The minimum atomic E-state index is 0.0100. The fourth-order valence-corrected chi connectivity index (χ4v) is 4.25. The second-order valence-electron chi connectivity index (χ2n) is 8.08. The number of nitrogens with zero attached hydrogens (tertiary/aromatic N) is 4. The molecule has 1 amide bonds. The van der Waals surface area contributed by atoms with Crippen molar-refractivity contribution >= 4 is 22.5 Å². The SMILES string of the molecule is COc1cccc(C2CC(=O)N(N=C(Cc3ccnc4ccccc34)c3ccccn3)C2)c1. The Morgan fingerprint density at radius 3 is 2.76 bits per heavy atom. The van der Waals surface area contributed by atoms with Gasteiger partial charge >= 0.3 is 0 Å². The van der Waals surface area contributed by atoms with E-state index in [1.54, 1.807) is 18.3 Å². The van der Waals surface area contributed by atoms with Crippen molar-refractivity contribution in [2.24, 2.45) is 5.10 Å². The number of carbonyl (C=O) groups is 1. The number of methoxy groups -OCH3 is 1. The van der Waals surface area contributed by atoms with Crippen LogP contribution < -0.4 is 4.74 Å². The number of aromatic nitrogens is 2. The number of carbonyl (C=O) groups excluding carboxylic acids is 1. The smallest absolute Gasteiger partial charge is 0.243 e. The van der Waals surface area contributed by atoms with Crippen LogP contribution in [0.5, 0.6) is 5.75 Å². The van der Waals surface area contributed by atoms with Crippen molar-refractivity contribution in [1.82, 2.24) is 15.0 Å². The number of hydrazone groups is 1. The summed E-state index contributed by atoms with van der Waals surface area (Å²) >= 11 is 0. The van der Waals surface area contributed by atoms with Crippen molar-refractivity contribution in [1.29, 1.82) is 0 Å². The van der Waals surface area contributed by atoms with Crippen LogP contribution in [0.25, 0.3) is 10.9 Å². The molecule has 1 aliphatic rings. The molecule has 5 rings (SSSR count). The van der Waals surface area contributed by atoms with Crippen LogP contribution in [0, 0.1) is 0 Å². The zero-order valence-electron chi connectivity index (χ0n) is 18.4. The highest BCUT2D eigenvalue weighted by molar-refractivity contribution is 6.02. The lowest BCUT2D eigenvalue weighted by molar-refractivity contribution is -0.127. The summed E-state index contributed by atoms with van der Waals surface area (Å²) in [6.07, 6.45) is 4.53. The summed E-state index contributed by atoms with van der Waals surface area (Å²) in [6, 6.07) is 23.7. The highest BCUT2D eigenvalue weighted by Gasteiger charge is 2.31. The van der Waals surface area contributed by atoms with Gasteiger partial charge in [0, 0.05) is 36.5 Å². The van der Waals surface area contributed by atoms with Gasteiger partial charge in [0.1, 0.15) is 5.75 Å². The lowest BCUT2D eigenvalue weighted by Crippen LogP contribution is -2.23. The summed E-state index contributed by atoms with van der Waals surface area (Å²) in [7, 11) is 1.65. The number of hydrogen-bond donors (Lipinski definition) is 0. The van der Waals surface area contributed by atoms with Crippen LogP contribution in [-0.2, 0) is 11.2 Å². The standard InChI is InChI=1S/C27H24N4O2/c1-33-22-8-6-7-19(15-22)21-17-27(32)31(18-21)30-26(25-11-4-5-13-28-25)16-20-12-14-29-24-10-3-2-9-23(20)24/h2-15,21H,16-18H2,1H3. The molecule has 1 fully saturated rings. The van der Waals surface area contributed by atoms with E-state index in [4.69, 9.17) is 9.84 Å². The zero-order valence-corrected chi connectivity index (χ0v) is 18.4. The number of ether oxygens (including phenoxy) is 1. The Morgan fingerprint density at radius 1 is 1.03 bits per heavy atom. The summed E-state index contributed by atoms with van der Waals surface area (Å²) in [4.78, 5) is 21.9. The Kier molecular flexibility index (Phi) is 5.81. The third-order valence-corrected chi connectivity index (χ3v) is 5.97. The second-order valence-corrected chi connectivity index (χ2v) is 8.08. The Balaban J connectivity index is 1.48. The second kappa shape index (κ2) is 9.20. The number of pyridine rings is 2. The first-order valence-corrected chi connectivity index (χ1v) is 11.0. The van der Waals surface area contributed by atoms with Crippen LogP contribution in [0.3, 0.4) is 0 Å². The summed E-state index contributed by atoms with van der Waals surface area (Å²) in [6.45, 7) is 0.527. The number of benzene rings is 2. The van der Waals surface area contributed by atoms with Crippen LogP contribution >= 0.6 is 0 Å². The molecule has 0 bridgehead atoms. The maximum atomic E-state index is 12.9. The minimum absolute atomic E-state index is 0.0100. The molecule has 2 aromatic carbocycles. The van der Waals surface area contributed by atoms with Gasteiger partial charge in [-0.25, -0.2) is 5.01 Å². The molecule has 0 spiro atoms. The Morgan fingerprint density at radius 2 is 1.91 bits per heavy atom. The average molecular weight is 437 g/mol. The van der Waals surface area contributed by atoms with Gasteiger partial charge in [-0.2, -0.15) is 5.10 Å². The Hall–Kier alpha value is -4.06. The molecule has 2 aromatic heterocycles. The maximum Gasteiger partial charge on any atom is 0.243 e. The van der Waals surface area contributed by atoms with E-state index in [0.717, 1.165) is 39.2 Å². The van der Waals surface area contributed by atoms with Crippen molar-refractivity contribution in [3.8, 4) is 5.75 Å². The van der Waals surface area contributed by atoms with E-state index in [-0.39, 0.29) is 11.8 Å². The van der Waals surface area contributed by atoms with Crippen molar-refractivity contribution in [2.75, 3.05) is 13.7 Å². The van der Waals surface area contributed by atoms with E-state index in [1.165, 1.54) is 0 Å². The van der Waals surface area contributed by atoms with Crippen molar-refractivity contribution < 1.29 is 9.53 Å². The molecule has 0 radical (unpaired) electrons. The van der Waals surface area contributed by atoms with Crippen LogP contribution in [0.1, 0.15) is 29.2 Å². The molecule has 1 atom stereocenters. The number of amides is 1. The van der Waals surface area contributed by atoms with E-state index in [0.29, 0.717) is 19.4 Å². The third kappa shape index (κ3) is 4.46. The van der Waals surface area contributed by atoms with E-state index in [9.17, 15) is 4.79 Å². The van der Waals surface area contributed by atoms with E-state index in [1.807, 2.05) is 72.9 Å². The normalized spacial score (nSPS) is 16.4. The van der Waals surface area contributed by atoms with Gasteiger partial charge < -0.3 is 4.74 Å². The van der Waals surface area contributed by atoms with Crippen LogP contribution in [0.4, 0.5) is 0 Å². The zero-order chi connectivity index (χ0) is 22.6. The van der Waals surface area contributed by atoms with Gasteiger partial charge in [0.25, 0.3) is 0 Å². The van der Waals surface area contributed by atoms with Gasteiger partial charge in [0.05, 0.1) is 30.6 Å². The number of para-hydroxylation sites is 1. The first-order valence-electron chi connectivity index (χ1n) is 11.0. The molecule has 1 saturated heterocycles. The van der Waals surface area contributed by atoms with Gasteiger partial charge in [-0.1, -0.05) is 36.4 Å². The molecular formula is C27H24N4O2. The van der Waals surface area contributed by atoms with E-state index >= 15 is 0 Å². The van der Waals surface area contributed by atoms with Crippen LogP contribution in [0.2, 0.25) is 0 Å². The van der Waals surface area contributed by atoms with Crippen LogP contribution in [0.15, 0.2) is 90.3 Å². The number of fused-ring (bicyclic) bond motifs is 1. The molecule has 1 unspecified atom stereocenters. The lowest BCUT2D eigenvalue weighted by atomic mass is 9.98. The monoisotopic (exact) mass is 436 g/mol. The molecule has 0 aliphatic carbocycles. The molecule has 6 nitrogen and oxygen atoms in total. The minimum Gasteiger partial charge on any atom is -0.497 e. The molecule has 33 heavy (non-hydrogen) atoms. The quantitative estimate of drug-likeness (QED) is 0.414. The van der Waals surface area contributed by atoms with E-state index in [2.05, 4.69) is 16.0 Å². The van der Waals surface area contributed by atoms with E-state index < -0.39 is 0 Å². The molecule has 4 aromatic rings. The van der Waals surface area contributed by atoms with Gasteiger partial charge in [0.2, 0.25) is 5.91 Å². The summed E-state index contributed by atoms with van der Waals surface area (Å²) < 4.78 is 5.35. The number of hydrogen-bond acceptors (Lipinski definition) is 5. The van der Waals surface area contributed by atoms with Gasteiger partial charge in [-0.05, 0) is 47.5 Å². The lowest BCUT2D eigenvalue weighted by Gasteiger charge is -2.15. The Bertz CT molecular complexity index is 1310. The van der Waals surface area contributed by atoms with Crippen LogP contribution in [-0.4, -0.2) is 40.3 Å².